The molecule has 4 nitrogen and oxygen atoms in total. The van der Waals surface area contributed by atoms with Crippen molar-refractivity contribution in [3.63, 3.8) is 0 Å². The number of fused-ring (bicyclic) bond motifs is 1. The molecule has 0 spiro atoms. The number of phenolic OH excluding ortho intramolecular Hbond substituents is 1. The highest BCUT2D eigenvalue weighted by Crippen LogP contribution is 2.37. The molecular weight excluding hydrogens is 322 g/mol. The van der Waals surface area contributed by atoms with Crippen LogP contribution in [0.3, 0.4) is 0 Å². The van der Waals surface area contributed by atoms with Crippen molar-refractivity contribution in [2.75, 3.05) is 14.2 Å². The number of nitrogens with zero attached hydrogens (tertiary/aromatic N) is 1. The number of aromatic nitrogens is 1. The predicted molar refractivity (Wildman–Crippen MR) is 99.2 cm³/mol. The Morgan fingerprint density at radius 2 is 1.58 bits per heavy atom. The zero-order chi connectivity index (χ0) is 17.3. The van der Waals surface area contributed by atoms with E-state index in [-0.39, 0.29) is 5.75 Å². The van der Waals surface area contributed by atoms with Gasteiger partial charge in [0.1, 0.15) is 5.01 Å². The van der Waals surface area contributed by atoms with Gasteiger partial charge < -0.3 is 14.6 Å². The number of hydrogen-bond acceptors (Lipinski definition) is 5. The number of aryl methyl sites for hydroxylation is 2. The maximum Gasteiger partial charge on any atom is 0.200 e. The molecule has 0 aliphatic heterocycles. The summed E-state index contributed by atoms with van der Waals surface area (Å²) in [6.45, 7) is 4.21. The Balaban J connectivity index is 1.96. The van der Waals surface area contributed by atoms with E-state index in [9.17, 15) is 5.11 Å². The topological polar surface area (TPSA) is 51.6 Å². The van der Waals surface area contributed by atoms with E-state index in [1.54, 1.807) is 23.5 Å². The molecule has 0 saturated carbocycles. The minimum Gasteiger partial charge on any atom is -0.502 e. The molecule has 3 aromatic rings. The van der Waals surface area contributed by atoms with E-state index in [1.807, 2.05) is 12.2 Å². The van der Waals surface area contributed by atoms with Gasteiger partial charge in [0.25, 0.3) is 0 Å². The molecule has 1 heterocycles. The first-order valence-electron chi connectivity index (χ1n) is 7.52. The van der Waals surface area contributed by atoms with Crippen LogP contribution in [0.2, 0.25) is 0 Å². The van der Waals surface area contributed by atoms with Crippen LogP contribution in [0.4, 0.5) is 0 Å². The van der Waals surface area contributed by atoms with Crippen molar-refractivity contribution in [1.29, 1.82) is 0 Å². The fourth-order valence-corrected chi connectivity index (χ4v) is 3.40. The van der Waals surface area contributed by atoms with E-state index in [0.717, 1.165) is 16.1 Å². The lowest BCUT2D eigenvalue weighted by Crippen LogP contribution is -1.90. The summed E-state index contributed by atoms with van der Waals surface area (Å²) < 4.78 is 11.5. The van der Waals surface area contributed by atoms with E-state index in [2.05, 4.69) is 31.0 Å². The molecule has 0 bridgehead atoms. The lowest BCUT2D eigenvalue weighted by atomic mass is 10.1. The lowest BCUT2D eigenvalue weighted by molar-refractivity contribution is 0.340. The molecular formula is C19H19NO3S. The summed E-state index contributed by atoms with van der Waals surface area (Å²) in [4.78, 5) is 4.65. The van der Waals surface area contributed by atoms with Crippen LogP contribution in [-0.4, -0.2) is 24.3 Å². The molecule has 1 N–H and O–H groups in total. The van der Waals surface area contributed by atoms with Gasteiger partial charge in [-0.15, -0.1) is 11.3 Å². The summed E-state index contributed by atoms with van der Waals surface area (Å²) in [5.74, 6) is 0.761. The quantitative estimate of drug-likeness (QED) is 0.740. The van der Waals surface area contributed by atoms with Crippen molar-refractivity contribution >= 4 is 33.7 Å². The molecule has 2 aromatic carbocycles. The first-order chi connectivity index (χ1) is 11.5. The highest BCUT2D eigenvalue weighted by atomic mass is 32.1. The Labute approximate surface area is 145 Å². The largest absolute Gasteiger partial charge is 0.502 e. The van der Waals surface area contributed by atoms with Crippen molar-refractivity contribution in [2.24, 2.45) is 0 Å². The van der Waals surface area contributed by atoms with E-state index >= 15 is 0 Å². The van der Waals surface area contributed by atoms with Crippen LogP contribution >= 0.6 is 11.3 Å². The molecule has 0 saturated heterocycles. The van der Waals surface area contributed by atoms with Gasteiger partial charge in [0, 0.05) is 0 Å². The summed E-state index contributed by atoms with van der Waals surface area (Å²) in [7, 11) is 3.03. The fraction of sp³-hybridized carbons (Fsp3) is 0.211. The lowest BCUT2D eigenvalue weighted by Gasteiger charge is -2.09. The SMILES string of the molecule is COc1cc(C=Cc2nc3cc(C)c(C)cc3s2)cc(OC)c1O. The molecule has 0 aliphatic rings. The predicted octanol–water partition coefficient (Wildman–Crippen LogP) is 4.81. The Bertz CT molecular complexity index is 864. The summed E-state index contributed by atoms with van der Waals surface area (Å²) in [5, 5.41) is 10.9. The van der Waals surface area contributed by atoms with Gasteiger partial charge in [0.2, 0.25) is 5.75 Å². The van der Waals surface area contributed by atoms with Crippen molar-refractivity contribution in [3.05, 3.63) is 46.0 Å². The van der Waals surface area contributed by atoms with Crippen LogP contribution < -0.4 is 9.47 Å². The number of benzene rings is 2. The van der Waals surface area contributed by atoms with E-state index in [4.69, 9.17) is 9.47 Å². The molecule has 0 aliphatic carbocycles. The van der Waals surface area contributed by atoms with E-state index in [1.165, 1.54) is 30.0 Å². The third-order valence-corrected chi connectivity index (χ3v) is 4.92. The Kier molecular flexibility index (Phi) is 4.44. The van der Waals surface area contributed by atoms with Gasteiger partial charge >= 0.3 is 0 Å². The highest BCUT2D eigenvalue weighted by molar-refractivity contribution is 7.19. The number of hydrogen-bond donors (Lipinski definition) is 1. The fourth-order valence-electron chi connectivity index (χ4n) is 2.45. The van der Waals surface area contributed by atoms with Crippen LogP contribution in [0.15, 0.2) is 24.3 Å². The molecule has 124 valence electrons. The second-order valence-electron chi connectivity index (χ2n) is 5.56. The van der Waals surface area contributed by atoms with Crippen molar-refractivity contribution in [1.82, 2.24) is 4.98 Å². The highest BCUT2D eigenvalue weighted by Gasteiger charge is 2.10. The normalized spacial score (nSPS) is 11.3. The summed E-state index contributed by atoms with van der Waals surface area (Å²) in [5.41, 5.74) is 4.41. The molecule has 0 fully saturated rings. The Morgan fingerprint density at radius 3 is 2.21 bits per heavy atom. The molecule has 5 heteroatoms. The summed E-state index contributed by atoms with van der Waals surface area (Å²) >= 11 is 1.65. The first-order valence-corrected chi connectivity index (χ1v) is 8.34. The molecule has 0 amide bonds. The Hall–Kier alpha value is -2.53. The second kappa shape index (κ2) is 6.53. The third-order valence-electron chi connectivity index (χ3n) is 3.94. The van der Waals surface area contributed by atoms with Crippen LogP contribution in [0, 0.1) is 13.8 Å². The molecule has 0 unspecified atom stereocenters. The van der Waals surface area contributed by atoms with Gasteiger partial charge in [0.15, 0.2) is 11.5 Å². The number of thiazole rings is 1. The van der Waals surface area contributed by atoms with Crippen molar-refractivity contribution in [3.8, 4) is 17.2 Å². The van der Waals surface area contributed by atoms with Gasteiger partial charge in [-0.3, -0.25) is 0 Å². The standard InChI is InChI=1S/C19H19NO3S/c1-11-7-14-17(8-12(11)2)24-18(20-14)6-5-13-9-15(22-3)19(21)16(10-13)23-4/h5-10,21H,1-4H3. The zero-order valence-corrected chi connectivity index (χ0v) is 14.9. The summed E-state index contributed by atoms with van der Waals surface area (Å²) in [6, 6.07) is 7.81. The van der Waals surface area contributed by atoms with E-state index < -0.39 is 0 Å². The molecule has 0 radical (unpaired) electrons. The number of methoxy groups -OCH3 is 2. The first kappa shape index (κ1) is 16.3. The van der Waals surface area contributed by atoms with Crippen molar-refractivity contribution < 1.29 is 14.6 Å². The van der Waals surface area contributed by atoms with Crippen LogP contribution in [-0.2, 0) is 0 Å². The van der Waals surface area contributed by atoms with Crippen LogP contribution in [0.25, 0.3) is 22.4 Å². The maximum absolute atomic E-state index is 9.96. The molecule has 0 atom stereocenters. The average Bonchev–Trinajstić information content (AvgIpc) is 2.96. The van der Waals surface area contributed by atoms with Gasteiger partial charge in [-0.2, -0.15) is 0 Å². The number of phenols is 1. The van der Waals surface area contributed by atoms with Crippen LogP contribution in [0.1, 0.15) is 21.7 Å². The number of ether oxygens (including phenoxy) is 2. The minimum absolute atomic E-state index is 0.00286. The van der Waals surface area contributed by atoms with Crippen molar-refractivity contribution in [2.45, 2.75) is 13.8 Å². The summed E-state index contributed by atoms with van der Waals surface area (Å²) in [6.07, 6.45) is 3.89. The van der Waals surface area contributed by atoms with E-state index in [0.29, 0.717) is 11.5 Å². The van der Waals surface area contributed by atoms with Gasteiger partial charge in [-0.1, -0.05) is 6.08 Å². The molecule has 24 heavy (non-hydrogen) atoms. The smallest absolute Gasteiger partial charge is 0.200 e. The average molecular weight is 341 g/mol. The second-order valence-corrected chi connectivity index (χ2v) is 6.63. The van der Waals surface area contributed by atoms with Gasteiger partial charge in [-0.25, -0.2) is 4.98 Å². The molecule has 3 rings (SSSR count). The molecule has 1 aromatic heterocycles. The number of aromatic hydroxyl groups is 1. The third kappa shape index (κ3) is 3.08. The maximum atomic E-state index is 9.96. The number of rotatable bonds is 4. The Morgan fingerprint density at radius 1 is 0.958 bits per heavy atom. The van der Waals surface area contributed by atoms with Crippen LogP contribution in [0.5, 0.6) is 17.2 Å². The monoisotopic (exact) mass is 341 g/mol. The van der Waals surface area contributed by atoms with Gasteiger partial charge in [-0.05, 0) is 60.9 Å². The zero-order valence-electron chi connectivity index (χ0n) is 14.1. The van der Waals surface area contributed by atoms with Gasteiger partial charge in [0.05, 0.1) is 24.4 Å². The minimum atomic E-state index is 0.00286.